The summed E-state index contributed by atoms with van der Waals surface area (Å²) in [5, 5.41) is 7.95. The van der Waals surface area contributed by atoms with Gasteiger partial charge in [-0.1, -0.05) is 84.9 Å². The standard InChI is InChI=1S/C31H20N2/c1-32-26-13-6-5-10-25(26)29-27(32)17-16-24-23-12-7-11-22-21-15-14-20(19-8-3-2-4-9-19)18-28(21)33(30(22)23)31(24)29/h2-18H,1H3. The van der Waals surface area contributed by atoms with Gasteiger partial charge in [-0.2, -0.15) is 0 Å². The topological polar surface area (TPSA) is 9.34 Å². The van der Waals surface area contributed by atoms with E-state index < -0.39 is 0 Å². The molecule has 33 heavy (non-hydrogen) atoms. The summed E-state index contributed by atoms with van der Waals surface area (Å²) in [6.07, 6.45) is 0. The van der Waals surface area contributed by atoms with Gasteiger partial charge < -0.3 is 8.97 Å². The van der Waals surface area contributed by atoms with Crippen LogP contribution in [0.5, 0.6) is 0 Å². The normalized spacial score (nSPS) is 12.4. The van der Waals surface area contributed by atoms with Gasteiger partial charge in [-0.25, -0.2) is 0 Å². The van der Waals surface area contributed by atoms with E-state index in [9.17, 15) is 0 Å². The summed E-state index contributed by atoms with van der Waals surface area (Å²) >= 11 is 0. The molecule has 0 unspecified atom stereocenters. The van der Waals surface area contributed by atoms with Gasteiger partial charge in [0.15, 0.2) is 0 Å². The molecule has 3 aromatic heterocycles. The van der Waals surface area contributed by atoms with Gasteiger partial charge in [0.2, 0.25) is 0 Å². The highest BCUT2D eigenvalue weighted by atomic mass is 15.0. The van der Waals surface area contributed by atoms with E-state index in [4.69, 9.17) is 0 Å². The molecule has 154 valence electrons. The molecule has 0 amide bonds. The average Bonchev–Trinajstić information content (AvgIpc) is 3.49. The fourth-order valence-electron chi connectivity index (χ4n) is 6.01. The maximum Gasteiger partial charge on any atom is 0.0641 e. The lowest BCUT2D eigenvalue weighted by Gasteiger charge is -2.05. The maximum atomic E-state index is 2.52. The first-order chi connectivity index (χ1) is 16.3. The molecule has 0 radical (unpaired) electrons. The molecule has 0 aliphatic carbocycles. The van der Waals surface area contributed by atoms with E-state index in [1.165, 1.54) is 71.0 Å². The maximum absolute atomic E-state index is 2.52. The summed E-state index contributed by atoms with van der Waals surface area (Å²) in [7, 11) is 2.18. The van der Waals surface area contributed by atoms with Crippen molar-refractivity contribution in [3.63, 3.8) is 0 Å². The number of nitrogens with zero attached hydrogens (tertiary/aromatic N) is 2. The van der Waals surface area contributed by atoms with Crippen LogP contribution in [0.15, 0.2) is 103 Å². The summed E-state index contributed by atoms with van der Waals surface area (Å²) in [5.74, 6) is 0. The van der Waals surface area contributed by atoms with Gasteiger partial charge in [0.1, 0.15) is 0 Å². The van der Waals surface area contributed by atoms with Gasteiger partial charge in [0.05, 0.1) is 22.1 Å². The van der Waals surface area contributed by atoms with Gasteiger partial charge in [0, 0.05) is 44.9 Å². The molecule has 0 fully saturated rings. The molecule has 0 N–H and O–H groups in total. The highest BCUT2D eigenvalue weighted by molar-refractivity contribution is 6.30. The van der Waals surface area contributed by atoms with Crippen molar-refractivity contribution < 1.29 is 0 Å². The predicted octanol–water partition coefficient (Wildman–Crippen LogP) is 8.15. The molecule has 0 aliphatic rings. The SMILES string of the molecule is Cn1c2ccccc2c2c1ccc1c3cccc4c5ccc(-c6ccccc6)cc5n(c43)c12. The van der Waals surface area contributed by atoms with Crippen LogP contribution >= 0.6 is 0 Å². The summed E-state index contributed by atoms with van der Waals surface area (Å²) in [4.78, 5) is 0. The second kappa shape index (κ2) is 5.93. The van der Waals surface area contributed by atoms with E-state index >= 15 is 0 Å². The highest BCUT2D eigenvalue weighted by Crippen LogP contribution is 2.44. The van der Waals surface area contributed by atoms with Gasteiger partial charge in [-0.15, -0.1) is 0 Å². The Kier molecular flexibility index (Phi) is 3.11. The average molecular weight is 421 g/mol. The zero-order valence-corrected chi connectivity index (χ0v) is 18.2. The van der Waals surface area contributed by atoms with E-state index in [-0.39, 0.29) is 0 Å². The fourth-order valence-corrected chi connectivity index (χ4v) is 6.01. The van der Waals surface area contributed by atoms with Crippen molar-refractivity contribution in [1.82, 2.24) is 8.97 Å². The fraction of sp³-hybridized carbons (Fsp3) is 0.0323. The zero-order chi connectivity index (χ0) is 21.7. The van der Waals surface area contributed by atoms with Crippen molar-refractivity contribution in [3.8, 4) is 11.1 Å². The minimum Gasteiger partial charge on any atom is -0.344 e. The first-order valence-corrected chi connectivity index (χ1v) is 11.4. The number of aromatic nitrogens is 2. The molecule has 3 heterocycles. The Balaban J connectivity index is 1.67. The van der Waals surface area contributed by atoms with Crippen LogP contribution < -0.4 is 0 Å². The number of benzene rings is 5. The number of aryl methyl sites for hydroxylation is 1. The zero-order valence-electron chi connectivity index (χ0n) is 18.2. The molecule has 0 saturated carbocycles. The molecule has 2 heteroatoms. The van der Waals surface area contributed by atoms with Crippen molar-refractivity contribution in [3.05, 3.63) is 103 Å². The van der Waals surface area contributed by atoms with Crippen LogP contribution in [-0.2, 0) is 7.05 Å². The Bertz CT molecular complexity index is 2020. The molecule has 8 rings (SSSR count). The molecule has 0 saturated heterocycles. The van der Waals surface area contributed by atoms with Gasteiger partial charge in [-0.05, 0) is 29.3 Å². The predicted molar refractivity (Wildman–Crippen MR) is 141 cm³/mol. The lowest BCUT2D eigenvalue weighted by Crippen LogP contribution is -1.87. The lowest BCUT2D eigenvalue weighted by atomic mass is 10.0. The van der Waals surface area contributed by atoms with Crippen LogP contribution in [0.2, 0.25) is 0 Å². The largest absolute Gasteiger partial charge is 0.344 e. The third-order valence-electron chi connectivity index (χ3n) is 7.46. The summed E-state index contributed by atoms with van der Waals surface area (Å²) in [6.45, 7) is 0. The molecule has 2 nitrogen and oxygen atoms in total. The van der Waals surface area contributed by atoms with Crippen LogP contribution in [0.25, 0.3) is 71.0 Å². The molecule has 8 aromatic rings. The van der Waals surface area contributed by atoms with E-state index in [1.807, 2.05) is 0 Å². The minimum atomic E-state index is 1.25. The molecule has 0 bridgehead atoms. The molecule has 0 atom stereocenters. The Morgan fingerprint density at radius 3 is 2.03 bits per heavy atom. The Hall–Kier alpha value is -4.30. The molecular formula is C31H20N2. The van der Waals surface area contributed by atoms with Crippen molar-refractivity contribution >= 4 is 59.9 Å². The Morgan fingerprint density at radius 2 is 1.15 bits per heavy atom. The van der Waals surface area contributed by atoms with Crippen molar-refractivity contribution in [2.75, 3.05) is 0 Å². The minimum absolute atomic E-state index is 1.25. The second-order valence-corrected chi connectivity index (χ2v) is 9.07. The third kappa shape index (κ3) is 2.04. The van der Waals surface area contributed by atoms with Gasteiger partial charge >= 0.3 is 0 Å². The van der Waals surface area contributed by atoms with Crippen molar-refractivity contribution in [1.29, 1.82) is 0 Å². The first kappa shape index (κ1) is 17.3. The molecular weight excluding hydrogens is 400 g/mol. The summed E-state index contributed by atoms with van der Waals surface area (Å²) in [6, 6.07) is 37.7. The number of para-hydroxylation sites is 2. The van der Waals surface area contributed by atoms with Crippen molar-refractivity contribution in [2.45, 2.75) is 0 Å². The summed E-state index contributed by atoms with van der Waals surface area (Å²) < 4.78 is 4.85. The molecule has 0 spiro atoms. The number of hydrogen-bond acceptors (Lipinski definition) is 0. The van der Waals surface area contributed by atoms with Crippen LogP contribution in [0.1, 0.15) is 0 Å². The van der Waals surface area contributed by atoms with E-state index in [2.05, 4.69) is 119 Å². The van der Waals surface area contributed by atoms with Crippen LogP contribution in [-0.4, -0.2) is 8.97 Å². The lowest BCUT2D eigenvalue weighted by molar-refractivity contribution is 1.01. The Labute approximate surface area is 190 Å². The first-order valence-electron chi connectivity index (χ1n) is 11.4. The smallest absolute Gasteiger partial charge is 0.0641 e. The summed E-state index contributed by atoms with van der Waals surface area (Å²) in [5.41, 5.74) is 8.97. The number of fused-ring (bicyclic) bond motifs is 10. The highest BCUT2D eigenvalue weighted by Gasteiger charge is 2.21. The monoisotopic (exact) mass is 420 g/mol. The van der Waals surface area contributed by atoms with Gasteiger partial charge in [-0.3, -0.25) is 0 Å². The quantitative estimate of drug-likeness (QED) is 0.253. The molecule has 0 aliphatic heterocycles. The Morgan fingerprint density at radius 1 is 0.455 bits per heavy atom. The van der Waals surface area contributed by atoms with Crippen LogP contribution in [0.4, 0.5) is 0 Å². The van der Waals surface area contributed by atoms with Gasteiger partial charge in [0.25, 0.3) is 0 Å². The number of hydrogen-bond donors (Lipinski definition) is 0. The van der Waals surface area contributed by atoms with E-state index in [0.717, 1.165) is 0 Å². The van der Waals surface area contributed by atoms with Crippen LogP contribution in [0.3, 0.4) is 0 Å². The second-order valence-electron chi connectivity index (χ2n) is 9.07. The van der Waals surface area contributed by atoms with Crippen molar-refractivity contribution in [2.24, 2.45) is 7.05 Å². The van der Waals surface area contributed by atoms with E-state index in [1.54, 1.807) is 0 Å². The molecule has 5 aromatic carbocycles. The van der Waals surface area contributed by atoms with Crippen LogP contribution in [0, 0.1) is 0 Å². The third-order valence-corrected chi connectivity index (χ3v) is 7.46. The number of rotatable bonds is 1. The van der Waals surface area contributed by atoms with E-state index in [0.29, 0.717) is 0 Å².